The number of rotatable bonds is 5. The van der Waals surface area contributed by atoms with E-state index >= 15 is 0 Å². The molecule has 1 aromatic rings. The Kier molecular flexibility index (Phi) is 4.45. The summed E-state index contributed by atoms with van der Waals surface area (Å²) in [6.07, 6.45) is 0.800. The van der Waals surface area contributed by atoms with Crippen LogP contribution in [0.1, 0.15) is 11.5 Å². The van der Waals surface area contributed by atoms with Gasteiger partial charge >= 0.3 is 0 Å². The fraction of sp³-hybridized carbons (Fsp3) is 0.600. The molecule has 0 aliphatic rings. The van der Waals surface area contributed by atoms with Gasteiger partial charge in [-0.1, -0.05) is 0 Å². The molecule has 0 saturated carbocycles. The van der Waals surface area contributed by atoms with Gasteiger partial charge < -0.3 is 15.4 Å². The molecule has 84 valence electrons. The van der Waals surface area contributed by atoms with Crippen molar-refractivity contribution in [3.05, 3.63) is 17.6 Å². The number of hydrogen-bond acceptors (Lipinski definition) is 5. The van der Waals surface area contributed by atoms with Crippen molar-refractivity contribution in [2.75, 3.05) is 33.5 Å². The third kappa shape index (κ3) is 4.22. The van der Waals surface area contributed by atoms with Crippen LogP contribution in [0, 0.1) is 0 Å². The second-order valence-corrected chi connectivity index (χ2v) is 3.69. The SMILES string of the molecule is COCc1cc(N)nc(CCN(C)C)n1. The van der Waals surface area contributed by atoms with E-state index in [4.69, 9.17) is 10.5 Å². The fourth-order valence-corrected chi connectivity index (χ4v) is 1.23. The molecule has 0 aromatic carbocycles. The van der Waals surface area contributed by atoms with E-state index in [2.05, 4.69) is 14.9 Å². The second kappa shape index (κ2) is 5.63. The number of ether oxygens (including phenoxy) is 1. The molecule has 0 fully saturated rings. The van der Waals surface area contributed by atoms with Gasteiger partial charge in [-0.05, 0) is 14.1 Å². The Labute approximate surface area is 90.3 Å². The van der Waals surface area contributed by atoms with Crippen molar-refractivity contribution in [2.24, 2.45) is 0 Å². The molecule has 0 bridgehead atoms. The first kappa shape index (κ1) is 11.9. The van der Waals surface area contributed by atoms with Gasteiger partial charge in [0.2, 0.25) is 0 Å². The lowest BCUT2D eigenvalue weighted by Crippen LogP contribution is -2.17. The van der Waals surface area contributed by atoms with Gasteiger partial charge in [0, 0.05) is 26.1 Å². The van der Waals surface area contributed by atoms with Crippen LogP contribution < -0.4 is 5.73 Å². The Morgan fingerprint density at radius 2 is 2.13 bits per heavy atom. The van der Waals surface area contributed by atoms with Crippen LogP contribution in [0.25, 0.3) is 0 Å². The number of nitrogens with two attached hydrogens (primary N) is 1. The summed E-state index contributed by atoms with van der Waals surface area (Å²) in [5.41, 5.74) is 6.51. The van der Waals surface area contributed by atoms with Crippen molar-refractivity contribution in [1.29, 1.82) is 0 Å². The quantitative estimate of drug-likeness (QED) is 0.757. The molecule has 0 spiro atoms. The average Bonchev–Trinajstić information content (AvgIpc) is 2.14. The first-order valence-corrected chi connectivity index (χ1v) is 4.88. The van der Waals surface area contributed by atoms with Crippen LogP contribution in [0.15, 0.2) is 6.07 Å². The molecule has 0 aliphatic heterocycles. The molecule has 0 amide bonds. The van der Waals surface area contributed by atoms with Crippen molar-refractivity contribution in [2.45, 2.75) is 13.0 Å². The largest absolute Gasteiger partial charge is 0.384 e. The van der Waals surface area contributed by atoms with Crippen molar-refractivity contribution >= 4 is 5.82 Å². The number of methoxy groups -OCH3 is 1. The predicted octanol–water partition coefficient (Wildman–Crippen LogP) is 0.309. The van der Waals surface area contributed by atoms with E-state index in [9.17, 15) is 0 Å². The normalized spacial score (nSPS) is 10.9. The first-order chi connectivity index (χ1) is 7.11. The summed E-state index contributed by atoms with van der Waals surface area (Å²) in [6, 6.07) is 1.74. The van der Waals surface area contributed by atoms with Crippen LogP contribution in [-0.4, -0.2) is 42.6 Å². The molecule has 1 aromatic heterocycles. The standard InChI is InChI=1S/C10H18N4O/c1-14(2)5-4-10-12-8(7-15-3)6-9(11)13-10/h6H,4-5,7H2,1-3H3,(H2,11,12,13). The molecule has 5 nitrogen and oxygen atoms in total. The van der Waals surface area contributed by atoms with E-state index in [1.807, 2.05) is 14.1 Å². The Morgan fingerprint density at radius 3 is 2.73 bits per heavy atom. The van der Waals surface area contributed by atoms with Crippen LogP contribution in [0.2, 0.25) is 0 Å². The van der Waals surface area contributed by atoms with Gasteiger partial charge in [-0.2, -0.15) is 0 Å². The summed E-state index contributed by atoms with van der Waals surface area (Å²) in [5, 5.41) is 0. The van der Waals surface area contributed by atoms with Crippen LogP contribution in [0.5, 0.6) is 0 Å². The maximum atomic E-state index is 5.68. The Bertz CT molecular complexity index is 314. The van der Waals surface area contributed by atoms with Crippen molar-refractivity contribution in [3.63, 3.8) is 0 Å². The van der Waals surface area contributed by atoms with E-state index < -0.39 is 0 Å². The average molecular weight is 210 g/mol. The lowest BCUT2D eigenvalue weighted by molar-refractivity contribution is 0.181. The number of nitrogens with zero attached hydrogens (tertiary/aromatic N) is 3. The van der Waals surface area contributed by atoms with E-state index in [-0.39, 0.29) is 0 Å². The highest BCUT2D eigenvalue weighted by Gasteiger charge is 2.03. The summed E-state index contributed by atoms with van der Waals surface area (Å²) in [4.78, 5) is 10.6. The summed E-state index contributed by atoms with van der Waals surface area (Å²) in [5.74, 6) is 1.28. The molecule has 1 rings (SSSR count). The molecule has 2 N–H and O–H groups in total. The van der Waals surface area contributed by atoms with Crippen LogP contribution >= 0.6 is 0 Å². The Morgan fingerprint density at radius 1 is 1.40 bits per heavy atom. The number of aromatic nitrogens is 2. The zero-order chi connectivity index (χ0) is 11.3. The van der Waals surface area contributed by atoms with Gasteiger partial charge in [0.05, 0.1) is 12.3 Å². The second-order valence-electron chi connectivity index (χ2n) is 3.69. The number of anilines is 1. The van der Waals surface area contributed by atoms with E-state index in [1.165, 1.54) is 0 Å². The van der Waals surface area contributed by atoms with E-state index in [0.29, 0.717) is 12.4 Å². The zero-order valence-electron chi connectivity index (χ0n) is 9.53. The highest BCUT2D eigenvalue weighted by Crippen LogP contribution is 2.05. The maximum Gasteiger partial charge on any atom is 0.132 e. The minimum Gasteiger partial charge on any atom is -0.384 e. The Balaban J connectivity index is 2.70. The van der Waals surface area contributed by atoms with Crippen molar-refractivity contribution in [3.8, 4) is 0 Å². The molecule has 0 unspecified atom stereocenters. The molecule has 0 radical (unpaired) electrons. The van der Waals surface area contributed by atoms with Gasteiger partial charge in [0.15, 0.2) is 0 Å². The molecule has 0 saturated heterocycles. The monoisotopic (exact) mass is 210 g/mol. The summed E-state index contributed by atoms with van der Waals surface area (Å²) < 4.78 is 5.01. The highest BCUT2D eigenvalue weighted by atomic mass is 16.5. The van der Waals surface area contributed by atoms with Gasteiger partial charge in [-0.3, -0.25) is 0 Å². The van der Waals surface area contributed by atoms with Gasteiger partial charge in [0.1, 0.15) is 11.6 Å². The zero-order valence-corrected chi connectivity index (χ0v) is 9.53. The molecule has 1 heterocycles. The number of likely N-dealkylation sites (N-methyl/N-ethyl adjacent to an activating group) is 1. The molecule has 15 heavy (non-hydrogen) atoms. The van der Waals surface area contributed by atoms with E-state index in [0.717, 1.165) is 24.5 Å². The third-order valence-electron chi connectivity index (χ3n) is 1.92. The van der Waals surface area contributed by atoms with E-state index in [1.54, 1.807) is 13.2 Å². The van der Waals surface area contributed by atoms with Crippen LogP contribution in [0.3, 0.4) is 0 Å². The Hall–Kier alpha value is -1.20. The van der Waals surface area contributed by atoms with Crippen molar-refractivity contribution < 1.29 is 4.74 Å². The molecule has 0 aliphatic carbocycles. The number of nitrogen functional groups attached to an aromatic ring is 1. The topological polar surface area (TPSA) is 64.3 Å². The third-order valence-corrected chi connectivity index (χ3v) is 1.92. The molecular formula is C10H18N4O. The lowest BCUT2D eigenvalue weighted by atomic mass is 10.3. The van der Waals surface area contributed by atoms with Crippen molar-refractivity contribution in [1.82, 2.24) is 14.9 Å². The summed E-state index contributed by atoms with van der Waals surface area (Å²) in [6.45, 7) is 1.39. The maximum absolute atomic E-state index is 5.68. The van der Waals surface area contributed by atoms with Crippen LogP contribution in [0.4, 0.5) is 5.82 Å². The molecular weight excluding hydrogens is 192 g/mol. The summed E-state index contributed by atoms with van der Waals surface area (Å²) >= 11 is 0. The lowest BCUT2D eigenvalue weighted by Gasteiger charge is -2.09. The minimum atomic E-state index is 0.474. The minimum absolute atomic E-state index is 0.474. The van der Waals surface area contributed by atoms with Gasteiger partial charge in [0.25, 0.3) is 0 Å². The smallest absolute Gasteiger partial charge is 0.132 e. The molecule has 5 heteroatoms. The number of hydrogen-bond donors (Lipinski definition) is 1. The van der Waals surface area contributed by atoms with Gasteiger partial charge in [-0.15, -0.1) is 0 Å². The van der Waals surface area contributed by atoms with Crippen LogP contribution in [-0.2, 0) is 17.8 Å². The predicted molar refractivity (Wildman–Crippen MR) is 59.4 cm³/mol. The fourth-order valence-electron chi connectivity index (χ4n) is 1.23. The summed E-state index contributed by atoms with van der Waals surface area (Å²) in [7, 11) is 5.67. The highest BCUT2D eigenvalue weighted by molar-refractivity contribution is 5.29. The molecule has 0 atom stereocenters. The van der Waals surface area contributed by atoms with Gasteiger partial charge in [-0.25, -0.2) is 9.97 Å². The first-order valence-electron chi connectivity index (χ1n) is 4.88.